The largest absolute Gasteiger partial charge is 0.417 e. The van der Waals surface area contributed by atoms with E-state index in [1.54, 1.807) is 0 Å². The van der Waals surface area contributed by atoms with Crippen LogP contribution in [0.1, 0.15) is 54.2 Å². The lowest BCUT2D eigenvalue weighted by Crippen LogP contribution is -2.52. The summed E-state index contributed by atoms with van der Waals surface area (Å²) in [6, 6.07) is 10.5. The standard InChI is InChI=1S/C22H23BrClF3N2O/c1-21(2,29-12-3-4-13-29)19(14-8-10-15(23)11-9-14)28-20(30)16-6-5-7-17(18(16)24)22(25,26)27/h5-11,19H,3-4,12-13H2,1-2H3,(H,28,30). The minimum Gasteiger partial charge on any atom is -0.343 e. The molecule has 162 valence electrons. The van der Waals surface area contributed by atoms with E-state index in [0.717, 1.165) is 42.0 Å². The number of rotatable bonds is 5. The average molecular weight is 504 g/mol. The third-order valence-electron chi connectivity index (χ3n) is 5.66. The Morgan fingerprint density at radius 3 is 2.27 bits per heavy atom. The Bertz CT molecular complexity index is 910. The molecule has 1 aliphatic rings. The van der Waals surface area contributed by atoms with Gasteiger partial charge >= 0.3 is 6.18 Å². The van der Waals surface area contributed by atoms with Crippen LogP contribution < -0.4 is 5.32 Å². The van der Waals surface area contributed by atoms with E-state index in [4.69, 9.17) is 11.6 Å². The fraction of sp³-hybridized carbons (Fsp3) is 0.409. The number of carbonyl (C=O) groups is 1. The lowest BCUT2D eigenvalue weighted by Gasteiger charge is -2.42. The Balaban J connectivity index is 1.97. The summed E-state index contributed by atoms with van der Waals surface area (Å²) in [5.74, 6) is -0.633. The van der Waals surface area contributed by atoms with E-state index in [2.05, 4.69) is 26.1 Å². The van der Waals surface area contributed by atoms with E-state index in [-0.39, 0.29) is 5.56 Å². The van der Waals surface area contributed by atoms with Crippen LogP contribution in [0.2, 0.25) is 5.02 Å². The van der Waals surface area contributed by atoms with Gasteiger partial charge in [0.1, 0.15) is 0 Å². The molecule has 8 heteroatoms. The number of halogens is 5. The minimum absolute atomic E-state index is 0.189. The molecular formula is C22H23BrClF3N2O. The fourth-order valence-electron chi connectivity index (χ4n) is 3.93. The lowest BCUT2D eigenvalue weighted by molar-refractivity contribution is -0.137. The van der Waals surface area contributed by atoms with Gasteiger partial charge in [0.25, 0.3) is 5.91 Å². The average Bonchev–Trinajstić information content (AvgIpc) is 3.21. The number of nitrogens with one attached hydrogen (secondary N) is 1. The van der Waals surface area contributed by atoms with Crippen molar-refractivity contribution in [1.82, 2.24) is 10.2 Å². The van der Waals surface area contributed by atoms with Gasteiger partial charge in [-0.15, -0.1) is 0 Å². The van der Waals surface area contributed by atoms with Crippen molar-refractivity contribution in [3.63, 3.8) is 0 Å². The van der Waals surface area contributed by atoms with Gasteiger partial charge in [-0.25, -0.2) is 0 Å². The Kier molecular flexibility index (Phi) is 6.84. The van der Waals surface area contributed by atoms with Crippen LogP contribution in [0.15, 0.2) is 46.9 Å². The Morgan fingerprint density at radius 1 is 1.10 bits per heavy atom. The molecule has 1 atom stereocenters. The van der Waals surface area contributed by atoms with Crippen molar-refractivity contribution in [1.29, 1.82) is 0 Å². The molecule has 1 amide bonds. The first-order valence-electron chi connectivity index (χ1n) is 9.69. The number of carbonyl (C=O) groups excluding carboxylic acids is 1. The molecule has 1 heterocycles. The summed E-state index contributed by atoms with van der Waals surface area (Å²) in [6.07, 6.45) is -2.49. The predicted molar refractivity (Wildman–Crippen MR) is 116 cm³/mol. The number of nitrogens with zero attached hydrogens (tertiary/aromatic N) is 1. The Morgan fingerprint density at radius 2 is 1.70 bits per heavy atom. The molecule has 0 spiro atoms. The minimum atomic E-state index is -4.63. The van der Waals surface area contributed by atoms with Crippen molar-refractivity contribution in [3.8, 4) is 0 Å². The van der Waals surface area contributed by atoms with Gasteiger partial charge < -0.3 is 5.32 Å². The molecule has 0 saturated carbocycles. The first kappa shape index (κ1) is 23.1. The molecule has 1 N–H and O–H groups in total. The van der Waals surface area contributed by atoms with Gasteiger partial charge in [0.2, 0.25) is 0 Å². The van der Waals surface area contributed by atoms with Crippen molar-refractivity contribution in [2.75, 3.05) is 13.1 Å². The maximum absolute atomic E-state index is 13.2. The number of hydrogen-bond acceptors (Lipinski definition) is 2. The number of benzene rings is 2. The van der Waals surface area contributed by atoms with E-state index >= 15 is 0 Å². The Hall–Kier alpha value is -1.57. The van der Waals surface area contributed by atoms with Crippen LogP contribution in [0.25, 0.3) is 0 Å². The summed E-state index contributed by atoms with van der Waals surface area (Å²) < 4.78 is 40.6. The van der Waals surface area contributed by atoms with E-state index in [1.165, 1.54) is 12.1 Å². The molecule has 1 fully saturated rings. The second-order valence-electron chi connectivity index (χ2n) is 7.97. The van der Waals surface area contributed by atoms with Crippen LogP contribution in [-0.4, -0.2) is 29.4 Å². The van der Waals surface area contributed by atoms with Crippen LogP contribution >= 0.6 is 27.5 Å². The molecule has 3 nitrogen and oxygen atoms in total. The molecule has 0 aromatic heterocycles. The Labute approximate surface area is 187 Å². The predicted octanol–water partition coefficient (Wildman–Crippen LogP) is 6.47. The van der Waals surface area contributed by atoms with Crippen LogP contribution in [0, 0.1) is 0 Å². The van der Waals surface area contributed by atoms with Crippen molar-refractivity contribution in [2.24, 2.45) is 0 Å². The highest BCUT2D eigenvalue weighted by Gasteiger charge is 2.40. The van der Waals surface area contributed by atoms with E-state index in [1.807, 2.05) is 38.1 Å². The van der Waals surface area contributed by atoms with Gasteiger partial charge in [0.15, 0.2) is 0 Å². The smallest absolute Gasteiger partial charge is 0.343 e. The summed E-state index contributed by atoms with van der Waals surface area (Å²) >= 11 is 9.40. The molecule has 3 rings (SSSR count). The molecule has 2 aromatic rings. The van der Waals surface area contributed by atoms with E-state index < -0.39 is 34.3 Å². The highest BCUT2D eigenvalue weighted by atomic mass is 79.9. The fourth-order valence-corrected chi connectivity index (χ4v) is 4.52. The normalized spacial score (nSPS) is 16.5. The summed E-state index contributed by atoms with van der Waals surface area (Å²) in [5, 5.41) is 2.37. The summed E-state index contributed by atoms with van der Waals surface area (Å²) in [5.41, 5.74) is -0.790. The SMILES string of the molecule is CC(C)(C(NC(=O)c1cccc(C(F)(F)F)c1Cl)c1ccc(Br)cc1)N1CCCC1. The van der Waals surface area contributed by atoms with E-state index in [9.17, 15) is 18.0 Å². The zero-order valence-electron chi connectivity index (χ0n) is 16.7. The summed E-state index contributed by atoms with van der Waals surface area (Å²) in [4.78, 5) is 15.4. The number of likely N-dealkylation sites (tertiary alicyclic amines) is 1. The van der Waals surface area contributed by atoms with Gasteiger partial charge in [0.05, 0.1) is 22.2 Å². The quantitative estimate of drug-likeness (QED) is 0.507. The number of alkyl halides is 3. The van der Waals surface area contributed by atoms with Gasteiger partial charge in [-0.3, -0.25) is 9.69 Å². The van der Waals surface area contributed by atoms with Gasteiger partial charge in [-0.1, -0.05) is 45.7 Å². The second-order valence-corrected chi connectivity index (χ2v) is 9.26. The molecule has 0 bridgehead atoms. The maximum atomic E-state index is 13.2. The third-order valence-corrected chi connectivity index (χ3v) is 6.59. The monoisotopic (exact) mass is 502 g/mol. The highest BCUT2D eigenvalue weighted by Crippen LogP contribution is 2.38. The molecule has 0 radical (unpaired) electrons. The van der Waals surface area contributed by atoms with Crippen molar-refractivity contribution >= 4 is 33.4 Å². The molecule has 1 unspecified atom stereocenters. The molecule has 1 aliphatic heterocycles. The topological polar surface area (TPSA) is 32.3 Å². The first-order valence-corrected chi connectivity index (χ1v) is 10.9. The maximum Gasteiger partial charge on any atom is 0.417 e. The first-order chi connectivity index (χ1) is 14.0. The molecule has 1 saturated heterocycles. The molecule has 2 aromatic carbocycles. The molecule has 30 heavy (non-hydrogen) atoms. The van der Waals surface area contributed by atoms with E-state index in [0.29, 0.717) is 0 Å². The van der Waals surface area contributed by atoms with Crippen LogP contribution in [-0.2, 0) is 6.18 Å². The second kappa shape index (κ2) is 8.89. The zero-order valence-corrected chi connectivity index (χ0v) is 19.0. The summed E-state index contributed by atoms with van der Waals surface area (Å²) in [7, 11) is 0. The van der Waals surface area contributed by atoms with Crippen LogP contribution in [0.3, 0.4) is 0 Å². The zero-order chi connectivity index (χ0) is 22.1. The number of hydrogen-bond donors (Lipinski definition) is 1. The number of amides is 1. The van der Waals surface area contributed by atoms with Crippen LogP contribution in [0.5, 0.6) is 0 Å². The van der Waals surface area contributed by atoms with Crippen molar-refractivity contribution in [2.45, 2.75) is 44.4 Å². The van der Waals surface area contributed by atoms with Gasteiger partial charge in [-0.2, -0.15) is 13.2 Å². The van der Waals surface area contributed by atoms with Gasteiger partial charge in [-0.05, 0) is 69.6 Å². The third kappa shape index (κ3) is 4.84. The lowest BCUT2D eigenvalue weighted by atomic mass is 9.86. The summed E-state index contributed by atoms with van der Waals surface area (Å²) in [6.45, 7) is 5.89. The highest BCUT2D eigenvalue weighted by molar-refractivity contribution is 9.10. The molecule has 0 aliphatic carbocycles. The van der Waals surface area contributed by atoms with Crippen molar-refractivity contribution in [3.05, 3.63) is 68.7 Å². The molecular weight excluding hydrogens is 481 g/mol. The van der Waals surface area contributed by atoms with Crippen molar-refractivity contribution < 1.29 is 18.0 Å². The van der Waals surface area contributed by atoms with Crippen LogP contribution in [0.4, 0.5) is 13.2 Å². The van der Waals surface area contributed by atoms with Gasteiger partial charge in [0, 0.05) is 10.0 Å².